The summed E-state index contributed by atoms with van der Waals surface area (Å²) < 4.78 is 0. The zero-order chi connectivity index (χ0) is 12.7. The van der Waals surface area contributed by atoms with Crippen LogP contribution in [0.5, 0.6) is 0 Å². The summed E-state index contributed by atoms with van der Waals surface area (Å²) in [5, 5.41) is 13.0. The lowest BCUT2D eigenvalue weighted by Crippen LogP contribution is -2.37. The van der Waals surface area contributed by atoms with Crippen LogP contribution in [0.2, 0.25) is 0 Å². The zero-order valence-electron chi connectivity index (χ0n) is 9.06. The summed E-state index contributed by atoms with van der Waals surface area (Å²) >= 11 is 0. The largest absolute Gasteiger partial charge is 0.329 e. The van der Waals surface area contributed by atoms with Crippen molar-refractivity contribution in [1.82, 2.24) is 10.8 Å². The van der Waals surface area contributed by atoms with Crippen molar-refractivity contribution in [3.8, 4) is 0 Å². The SMILES string of the molecule is NCc1ccc(NC(=O)NCC(=O)NO)cc1. The van der Waals surface area contributed by atoms with E-state index in [0.717, 1.165) is 5.56 Å². The van der Waals surface area contributed by atoms with Gasteiger partial charge in [0.15, 0.2) is 0 Å². The molecular weight excluding hydrogens is 224 g/mol. The van der Waals surface area contributed by atoms with Crippen molar-refractivity contribution in [3.05, 3.63) is 29.8 Å². The lowest BCUT2D eigenvalue weighted by molar-refractivity contribution is -0.128. The van der Waals surface area contributed by atoms with Crippen molar-refractivity contribution in [1.29, 1.82) is 0 Å². The van der Waals surface area contributed by atoms with Gasteiger partial charge in [-0.15, -0.1) is 0 Å². The fraction of sp³-hybridized carbons (Fsp3) is 0.200. The van der Waals surface area contributed by atoms with Crippen molar-refractivity contribution >= 4 is 17.6 Å². The number of hydrogen-bond donors (Lipinski definition) is 5. The van der Waals surface area contributed by atoms with Crippen LogP contribution >= 0.6 is 0 Å². The average molecular weight is 238 g/mol. The minimum Gasteiger partial charge on any atom is -0.329 e. The highest BCUT2D eigenvalue weighted by atomic mass is 16.5. The Bertz CT molecular complexity index is 391. The van der Waals surface area contributed by atoms with Gasteiger partial charge in [0.1, 0.15) is 6.54 Å². The number of rotatable bonds is 4. The number of hydroxylamine groups is 1. The number of nitrogens with two attached hydrogens (primary N) is 1. The number of anilines is 1. The topological polar surface area (TPSA) is 116 Å². The van der Waals surface area contributed by atoms with E-state index in [0.29, 0.717) is 12.2 Å². The van der Waals surface area contributed by atoms with Crippen LogP contribution < -0.4 is 21.8 Å². The van der Waals surface area contributed by atoms with Crippen LogP contribution in [0.3, 0.4) is 0 Å². The van der Waals surface area contributed by atoms with Gasteiger partial charge >= 0.3 is 6.03 Å². The second-order valence-corrected chi connectivity index (χ2v) is 3.24. The highest BCUT2D eigenvalue weighted by Gasteiger charge is 2.04. The molecule has 3 amide bonds. The first kappa shape index (κ1) is 12.9. The van der Waals surface area contributed by atoms with Gasteiger partial charge in [0.2, 0.25) is 0 Å². The summed E-state index contributed by atoms with van der Waals surface area (Å²) in [6.07, 6.45) is 0. The smallest absolute Gasteiger partial charge is 0.319 e. The molecule has 0 atom stereocenters. The maximum atomic E-state index is 11.3. The fourth-order valence-corrected chi connectivity index (χ4v) is 1.10. The zero-order valence-corrected chi connectivity index (χ0v) is 9.06. The summed E-state index contributed by atoms with van der Waals surface area (Å²) in [4.78, 5) is 21.9. The number of hydrogen-bond acceptors (Lipinski definition) is 4. The standard InChI is InChI=1S/C10H14N4O3/c11-5-7-1-3-8(4-2-7)13-10(16)12-6-9(15)14-17/h1-4,17H,5-6,11H2,(H,14,15)(H2,12,13,16). The Morgan fingerprint density at radius 3 is 2.41 bits per heavy atom. The third-order valence-corrected chi connectivity index (χ3v) is 1.98. The van der Waals surface area contributed by atoms with Gasteiger partial charge < -0.3 is 16.4 Å². The molecule has 0 fully saturated rings. The highest BCUT2D eigenvalue weighted by molar-refractivity contribution is 5.92. The minimum absolute atomic E-state index is 0.302. The van der Waals surface area contributed by atoms with Crippen LogP contribution in [0, 0.1) is 0 Å². The Labute approximate surface area is 98.0 Å². The highest BCUT2D eigenvalue weighted by Crippen LogP contribution is 2.08. The molecule has 0 heterocycles. The number of benzene rings is 1. The van der Waals surface area contributed by atoms with Crippen LogP contribution in [-0.2, 0) is 11.3 Å². The van der Waals surface area contributed by atoms with E-state index in [2.05, 4.69) is 10.6 Å². The molecule has 7 heteroatoms. The van der Waals surface area contributed by atoms with Crippen molar-refractivity contribution < 1.29 is 14.8 Å². The van der Waals surface area contributed by atoms with Gasteiger partial charge in [0, 0.05) is 12.2 Å². The Morgan fingerprint density at radius 2 is 1.88 bits per heavy atom. The molecule has 1 aromatic carbocycles. The Balaban J connectivity index is 2.42. The maximum absolute atomic E-state index is 11.3. The van der Waals surface area contributed by atoms with E-state index >= 15 is 0 Å². The molecule has 1 aromatic rings. The van der Waals surface area contributed by atoms with E-state index in [4.69, 9.17) is 10.9 Å². The lowest BCUT2D eigenvalue weighted by Gasteiger charge is -2.07. The number of carbonyl (C=O) groups excluding carboxylic acids is 2. The molecule has 17 heavy (non-hydrogen) atoms. The van der Waals surface area contributed by atoms with Crippen LogP contribution in [0.1, 0.15) is 5.56 Å². The first-order valence-electron chi connectivity index (χ1n) is 4.92. The van der Waals surface area contributed by atoms with E-state index in [9.17, 15) is 9.59 Å². The molecule has 0 saturated heterocycles. The second-order valence-electron chi connectivity index (χ2n) is 3.24. The molecule has 0 aromatic heterocycles. The summed E-state index contributed by atoms with van der Waals surface area (Å²) in [6.45, 7) is 0.131. The van der Waals surface area contributed by atoms with Gasteiger partial charge in [-0.25, -0.2) is 10.3 Å². The minimum atomic E-state index is -0.696. The quantitative estimate of drug-likeness (QED) is 0.368. The first-order chi connectivity index (χ1) is 8.15. The molecule has 0 unspecified atom stereocenters. The molecule has 7 nitrogen and oxygen atoms in total. The van der Waals surface area contributed by atoms with Crippen LogP contribution in [0.25, 0.3) is 0 Å². The van der Waals surface area contributed by atoms with Gasteiger partial charge in [-0.1, -0.05) is 12.1 Å². The van der Waals surface area contributed by atoms with Crippen LogP contribution in [0.4, 0.5) is 10.5 Å². The van der Waals surface area contributed by atoms with E-state index in [1.54, 1.807) is 24.3 Å². The maximum Gasteiger partial charge on any atom is 0.319 e. The van der Waals surface area contributed by atoms with E-state index in [1.807, 2.05) is 0 Å². The Kier molecular flexibility index (Phi) is 4.92. The van der Waals surface area contributed by atoms with Gasteiger partial charge in [-0.05, 0) is 17.7 Å². The van der Waals surface area contributed by atoms with Crippen molar-refractivity contribution in [2.45, 2.75) is 6.54 Å². The fourth-order valence-electron chi connectivity index (χ4n) is 1.10. The molecule has 0 saturated carbocycles. The van der Waals surface area contributed by atoms with E-state index < -0.39 is 11.9 Å². The van der Waals surface area contributed by atoms with Crippen LogP contribution in [0.15, 0.2) is 24.3 Å². The predicted molar refractivity (Wildman–Crippen MR) is 61.3 cm³/mol. The average Bonchev–Trinajstić information content (AvgIpc) is 2.36. The normalized spacial score (nSPS) is 9.53. The first-order valence-corrected chi connectivity index (χ1v) is 4.92. The molecule has 0 aliphatic heterocycles. The summed E-state index contributed by atoms with van der Waals surface area (Å²) in [5.74, 6) is -0.696. The number of carbonyl (C=O) groups is 2. The lowest BCUT2D eigenvalue weighted by atomic mass is 10.2. The van der Waals surface area contributed by atoms with E-state index in [1.165, 1.54) is 5.48 Å². The molecule has 92 valence electrons. The number of nitrogens with one attached hydrogen (secondary N) is 3. The van der Waals surface area contributed by atoms with Gasteiger partial charge in [-0.3, -0.25) is 10.0 Å². The third-order valence-electron chi connectivity index (χ3n) is 1.98. The molecule has 0 spiro atoms. The predicted octanol–water partition coefficient (Wildman–Crippen LogP) is -0.228. The summed E-state index contributed by atoms with van der Waals surface area (Å²) in [7, 11) is 0. The number of urea groups is 1. The van der Waals surface area contributed by atoms with E-state index in [-0.39, 0.29) is 6.54 Å². The van der Waals surface area contributed by atoms with Crippen molar-refractivity contribution in [2.75, 3.05) is 11.9 Å². The third kappa shape index (κ3) is 4.49. The number of amides is 3. The van der Waals surface area contributed by atoms with Gasteiger partial charge in [0.25, 0.3) is 5.91 Å². The molecule has 0 aliphatic carbocycles. The Morgan fingerprint density at radius 1 is 1.24 bits per heavy atom. The summed E-state index contributed by atoms with van der Waals surface area (Å²) in [6, 6.07) is 6.45. The van der Waals surface area contributed by atoms with Gasteiger partial charge in [0.05, 0.1) is 0 Å². The van der Waals surface area contributed by atoms with Crippen LogP contribution in [-0.4, -0.2) is 23.7 Å². The molecule has 0 bridgehead atoms. The van der Waals surface area contributed by atoms with Gasteiger partial charge in [-0.2, -0.15) is 0 Å². The molecular formula is C10H14N4O3. The Hall–Kier alpha value is -2.12. The molecule has 6 N–H and O–H groups in total. The monoisotopic (exact) mass is 238 g/mol. The molecule has 1 rings (SSSR count). The van der Waals surface area contributed by atoms with Crippen molar-refractivity contribution in [2.24, 2.45) is 5.73 Å². The second kappa shape index (κ2) is 6.46. The summed E-state index contributed by atoms with van der Waals surface area (Å²) in [5.41, 5.74) is 8.38. The molecule has 0 aliphatic rings. The van der Waals surface area contributed by atoms with Crippen molar-refractivity contribution in [3.63, 3.8) is 0 Å². The molecule has 0 radical (unpaired) electrons.